The SMILES string of the molecule is O=C(Nc1nc2scc(-c3ccc(F)cc3)n2n1)c1cccc2ccccc12. The fourth-order valence-electron chi connectivity index (χ4n) is 3.15. The molecule has 5 rings (SSSR count). The number of benzene rings is 3. The standard InChI is InChI=1S/C21H13FN4OS/c22-15-10-8-14(9-11-15)18-12-28-21-24-20(25-26(18)21)23-19(27)17-7-3-5-13-4-1-2-6-16(13)17/h1-12H,(H,23,25,27). The molecule has 0 aliphatic carbocycles. The molecule has 5 nitrogen and oxygen atoms in total. The molecule has 1 N–H and O–H groups in total. The number of anilines is 1. The van der Waals surface area contributed by atoms with Crippen molar-refractivity contribution >= 4 is 38.9 Å². The smallest absolute Gasteiger partial charge is 0.258 e. The fraction of sp³-hybridized carbons (Fsp3) is 0. The zero-order valence-corrected chi connectivity index (χ0v) is 15.3. The Labute approximate surface area is 163 Å². The number of amides is 1. The zero-order chi connectivity index (χ0) is 19.1. The highest BCUT2D eigenvalue weighted by molar-refractivity contribution is 7.15. The van der Waals surface area contributed by atoms with E-state index in [4.69, 9.17) is 0 Å². The van der Waals surface area contributed by atoms with Crippen molar-refractivity contribution in [3.8, 4) is 11.3 Å². The van der Waals surface area contributed by atoms with Gasteiger partial charge >= 0.3 is 0 Å². The molecule has 0 spiro atoms. The maximum Gasteiger partial charge on any atom is 0.258 e. The van der Waals surface area contributed by atoms with Gasteiger partial charge in [0.25, 0.3) is 11.9 Å². The number of rotatable bonds is 3. The van der Waals surface area contributed by atoms with Crippen LogP contribution in [0.2, 0.25) is 0 Å². The predicted octanol–water partition coefficient (Wildman–Crippen LogP) is 5.00. The molecule has 0 saturated heterocycles. The van der Waals surface area contributed by atoms with E-state index in [1.807, 2.05) is 41.8 Å². The minimum absolute atomic E-state index is 0.230. The number of fused-ring (bicyclic) bond motifs is 2. The van der Waals surface area contributed by atoms with Gasteiger partial charge in [0.2, 0.25) is 4.96 Å². The van der Waals surface area contributed by atoms with E-state index in [1.54, 1.807) is 22.7 Å². The zero-order valence-electron chi connectivity index (χ0n) is 14.5. The molecule has 0 atom stereocenters. The van der Waals surface area contributed by atoms with E-state index in [9.17, 15) is 9.18 Å². The van der Waals surface area contributed by atoms with E-state index >= 15 is 0 Å². The molecule has 136 valence electrons. The molecule has 0 saturated carbocycles. The first kappa shape index (κ1) is 16.6. The molecule has 2 aromatic heterocycles. The average Bonchev–Trinajstić information content (AvgIpc) is 3.28. The molecule has 0 unspecified atom stereocenters. The number of hydrogen-bond donors (Lipinski definition) is 1. The molecule has 0 aliphatic rings. The average molecular weight is 388 g/mol. The van der Waals surface area contributed by atoms with Crippen LogP contribution in [-0.4, -0.2) is 20.5 Å². The van der Waals surface area contributed by atoms with Gasteiger partial charge in [0, 0.05) is 16.5 Å². The lowest BCUT2D eigenvalue weighted by atomic mass is 10.0. The van der Waals surface area contributed by atoms with Crippen LogP contribution in [-0.2, 0) is 0 Å². The van der Waals surface area contributed by atoms with Gasteiger partial charge in [0.05, 0.1) is 5.69 Å². The largest absolute Gasteiger partial charge is 0.289 e. The van der Waals surface area contributed by atoms with Crippen LogP contribution in [0.4, 0.5) is 10.3 Å². The summed E-state index contributed by atoms with van der Waals surface area (Å²) in [5, 5.41) is 11.0. The van der Waals surface area contributed by atoms with Crippen LogP contribution >= 0.6 is 11.3 Å². The lowest BCUT2D eigenvalue weighted by Gasteiger charge is -2.05. The Morgan fingerprint density at radius 2 is 1.79 bits per heavy atom. The molecule has 7 heteroatoms. The quantitative estimate of drug-likeness (QED) is 0.473. The third-order valence-corrected chi connectivity index (χ3v) is 5.30. The number of hydrogen-bond acceptors (Lipinski definition) is 4. The number of halogens is 1. The van der Waals surface area contributed by atoms with Crippen LogP contribution < -0.4 is 5.32 Å². The summed E-state index contributed by atoms with van der Waals surface area (Å²) in [6, 6.07) is 19.5. The number of carbonyl (C=O) groups is 1. The lowest BCUT2D eigenvalue weighted by molar-refractivity contribution is 0.102. The Kier molecular flexibility index (Phi) is 3.87. The number of aromatic nitrogens is 3. The van der Waals surface area contributed by atoms with Crippen LogP contribution in [0.15, 0.2) is 72.1 Å². The molecule has 28 heavy (non-hydrogen) atoms. The van der Waals surface area contributed by atoms with Gasteiger partial charge in [0.1, 0.15) is 5.82 Å². The monoisotopic (exact) mass is 388 g/mol. The first-order chi connectivity index (χ1) is 13.7. The van der Waals surface area contributed by atoms with Gasteiger partial charge in [-0.25, -0.2) is 8.91 Å². The first-order valence-corrected chi connectivity index (χ1v) is 9.46. The molecular formula is C21H13FN4OS. The predicted molar refractivity (Wildman–Crippen MR) is 108 cm³/mol. The number of nitrogens with one attached hydrogen (secondary N) is 1. The third kappa shape index (κ3) is 2.82. The van der Waals surface area contributed by atoms with Crippen molar-refractivity contribution in [2.75, 3.05) is 5.32 Å². The summed E-state index contributed by atoms with van der Waals surface area (Å²) in [6.45, 7) is 0. The highest BCUT2D eigenvalue weighted by Crippen LogP contribution is 2.26. The van der Waals surface area contributed by atoms with Crippen molar-refractivity contribution in [3.05, 3.63) is 83.5 Å². The van der Waals surface area contributed by atoms with E-state index in [1.165, 1.54) is 23.5 Å². The molecule has 2 heterocycles. The number of carbonyl (C=O) groups excluding carboxylic acids is 1. The minimum Gasteiger partial charge on any atom is -0.289 e. The van der Waals surface area contributed by atoms with E-state index in [0.29, 0.717) is 10.5 Å². The molecule has 0 radical (unpaired) electrons. The highest BCUT2D eigenvalue weighted by Gasteiger charge is 2.15. The second-order valence-electron chi connectivity index (χ2n) is 6.24. The number of thiazole rings is 1. The third-order valence-electron chi connectivity index (χ3n) is 4.48. The topological polar surface area (TPSA) is 59.3 Å². The molecule has 0 aliphatic heterocycles. The van der Waals surface area contributed by atoms with Gasteiger partial charge in [-0.1, -0.05) is 36.4 Å². The van der Waals surface area contributed by atoms with Crippen molar-refractivity contribution in [1.29, 1.82) is 0 Å². The molecule has 0 fully saturated rings. The van der Waals surface area contributed by atoms with Crippen molar-refractivity contribution in [1.82, 2.24) is 14.6 Å². The first-order valence-electron chi connectivity index (χ1n) is 8.58. The molecular weight excluding hydrogens is 375 g/mol. The maximum atomic E-state index is 13.2. The second kappa shape index (κ2) is 6.54. The molecule has 1 amide bonds. The van der Waals surface area contributed by atoms with E-state index < -0.39 is 0 Å². The fourth-order valence-corrected chi connectivity index (χ4v) is 3.98. The van der Waals surface area contributed by atoms with Crippen molar-refractivity contribution in [3.63, 3.8) is 0 Å². The van der Waals surface area contributed by atoms with Gasteiger partial charge in [-0.15, -0.1) is 16.4 Å². The molecule has 0 bridgehead atoms. The summed E-state index contributed by atoms with van der Waals surface area (Å²) in [5.41, 5.74) is 2.18. The Balaban J connectivity index is 1.48. The Morgan fingerprint density at radius 1 is 1.00 bits per heavy atom. The minimum atomic E-state index is -0.295. The molecule has 5 aromatic rings. The van der Waals surface area contributed by atoms with E-state index in [2.05, 4.69) is 15.4 Å². The van der Waals surface area contributed by atoms with E-state index in [0.717, 1.165) is 22.0 Å². The Morgan fingerprint density at radius 3 is 2.64 bits per heavy atom. The van der Waals surface area contributed by atoms with Crippen molar-refractivity contribution in [2.45, 2.75) is 0 Å². The van der Waals surface area contributed by atoms with Crippen molar-refractivity contribution in [2.24, 2.45) is 0 Å². The Hall–Kier alpha value is -3.58. The summed E-state index contributed by atoms with van der Waals surface area (Å²) in [6.07, 6.45) is 0. The second-order valence-corrected chi connectivity index (χ2v) is 7.08. The van der Waals surface area contributed by atoms with Crippen molar-refractivity contribution < 1.29 is 9.18 Å². The number of nitrogens with zero attached hydrogens (tertiary/aromatic N) is 3. The Bertz CT molecular complexity index is 1320. The van der Waals surface area contributed by atoms with Gasteiger partial charge in [-0.3, -0.25) is 10.1 Å². The van der Waals surface area contributed by atoms with Crippen LogP contribution in [0, 0.1) is 5.82 Å². The van der Waals surface area contributed by atoms with Crippen LogP contribution in [0.1, 0.15) is 10.4 Å². The molecule has 3 aromatic carbocycles. The summed E-state index contributed by atoms with van der Waals surface area (Å²) in [4.78, 5) is 17.8. The highest BCUT2D eigenvalue weighted by atomic mass is 32.1. The van der Waals surface area contributed by atoms with Gasteiger partial charge in [0.15, 0.2) is 0 Å². The van der Waals surface area contributed by atoms with Crippen LogP contribution in [0.3, 0.4) is 0 Å². The van der Waals surface area contributed by atoms with E-state index in [-0.39, 0.29) is 17.7 Å². The van der Waals surface area contributed by atoms with Gasteiger partial charge in [-0.05, 0) is 41.1 Å². The maximum absolute atomic E-state index is 13.2. The summed E-state index contributed by atoms with van der Waals surface area (Å²) >= 11 is 1.40. The van der Waals surface area contributed by atoms with Gasteiger partial charge in [-0.2, -0.15) is 4.98 Å². The van der Waals surface area contributed by atoms with Crippen LogP contribution in [0.25, 0.3) is 27.0 Å². The summed E-state index contributed by atoms with van der Waals surface area (Å²) in [5.74, 6) is -0.330. The van der Waals surface area contributed by atoms with Gasteiger partial charge < -0.3 is 0 Å². The normalized spacial score (nSPS) is 11.2. The van der Waals surface area contributed by atoms with Crippen LogP contribution in [0.5, 0.6) is 0 Å². The summed E-state index contributed by atoms with van der Waals surface area (Å²) in [7, 11) is 0. The summed E-state index contributed by atoms with van der Waals surface area (Å²) < 4.78 is 14.8. The lowest BCUT2D eigenvalue weighted by Crippen LogP contribution is -2.13.